The molecule has 0 spiro atoms. The van der Waals surface area contributed by atoms with Crippen LogP contribution in [0.2, 0.25) is 5.02 Å². The molecule has 1 aliphatic rings. The first kappa shape index (κ1) is 23.4. The molecule has 1 unspecified atom stereocenters. The van der Waals surface area contributed by atoms with Crippen molar-refractivity contribution in [2.24, 2.45) is 0 Å². The number of nitrogens with one attached hydrogen (secondary N) is 2. The summed E-state index contributed by atoms with van der Waals surface area (Å²) in [5, 5.41) is 14.8. The van der Waals surface area contributed by atoms with Crippen LogP contribution in [0.1, 0.15) is 37.9 Å². The second kappa shape index (κ2) is 9.90. The number of carbonyl (C=O) groups is 2. The summed E-state index contributed by atoms with van der Waals surface area (Å²) in [6, 6.07) is 12.7. The van der Waals surface area contributed by atoms with Crippen molar-refractivity contribution in [1.82, 2.24) is 4.90 Å². The van der Waals surface area contributed by atoms with E-state index in [2.05, 4.69) is 10.6 Å². The highest BCUT2D eigenvalue weighted by Crippen LogP contribution is 2.35. The van der Waals surface area contributed by atoms with Gasteiger partial charge in [0.25, 0.3) is 0 Å². The lowest BCUT2D eigenvalue weighted by atomic mass is 10.0. The lowest BCUT2D eigenvalue weighted by Gasteiger charge is -2.37. The Morgan fingerprint density at radius 1 is 1.22 bits per heavy atom. The molecular weight excluding hydrogens is 432 g/mol. The highest BCUT2D eigenvalue weighted by Gasteiger charge is 2.34. The zero-order valence-corrected chi connectivity index (χ0v) is 18.9. The van der Waals surface area contributed by atoms with Gasteiger partial charge in [-0.3, -0.25) is 4.90 Å². The van der Waals surface area contributed by atoms with Gasteiger partial charge in [-0.05, 0) is 45.0 Å². The second-order valence-electron chi connectivity index (χ2n) is 8.24. The van der Waals surface area contributed by atoms with Crippen LogP contribution in [0.3, 0.4) is 0 Å². The summed E-state index contributed by atoms with van der Waals surface area (Å²) in [5.74, 6) is 0. The predicted molar refractivity (Wildman–Crippen MR) is 122 cm³/mol. The molecular formula is C23H25ClN4O4. The molecule has 1 aliphatic heterocycles. The van der Waals surface area contributed by atoms with Crippen molar-refractivity contribution in [1.29, 1.82) is 5.26 Å². The SMILES string of the molecule is CC(C)(C)OC(=O)N1CCOCC1c1cccc(Cl)c1NC(=O)Nc1cccc(C#N)c1. The fourth-order valence-corrected chi connectivity index (χ4v) is 3.52. The second-order valence-corrected chi connectivity index (χ2v) is 8.65. The summed E-state index contributed by atoms with van der Waals surface area (Å²) in [4.78, 5) is 27.1. The average molecular weight is 457 g/mol. The molecule has 1 fully saturated rings. The first-order valence-electron chi connectivity index (χ1n) is 10.1. The van der Waals surface area contributed by atoms with Gasteiger partial charge in [-0.1, -0.05) is 29.8 Å². The topological polar surface area (TPSA) is 104 Å². The highest BCUT2D eigenvalue weighted by molar-refractivity contribution is 6.34. The Hall–Kier alpha value is -3.28. The molecule has 32 heavy (non-hydrogen) atoms. The van der Waals surface area contributed by atoms with E-state index in [1.54, 1.807) is 68.1 Å². The van der Waals surface area contributed by atoms with Crippen LogP contribution in [0, 0.1) is 11.3 Å². The maximum absolute atomic E-state index is 12.8. The van der Waals surface area contributed by atoms with Gasteiger partial charge in [-0.15, -0.1) is 0 Å². The van der Waals surface area contributed by atoms with Crippen LogP contribution in [-0.2, 0) is 9.47 Å². The number of urea groups is 1. The van der Waals surface area contributed by atoms with Gasteiger partial charge >= 0.3 is 12.1 Å². The lowest BCUT2D eigenvalue weighted by molar-refractivity contribution is -0.0329. The minimum atomic E-state index is -0.646. The summed E-state index contributed by atoms with van der Waals surface area (Å²) in [6.45, 7) is 6.38. The first-order valence-corrected chi connectivity index (χ1v) is 10.5. The van der Waals surface area contributed by atoms with Gasteiger partial charge in [0, 0.05) is 17.8 Å². The molecule has 1 atom stereocenters. The number of halogens is 1. The van der Waals surface area contributed by atoms with Crippen molar-refractivity contribution in [2.75, 3.05) is 30.4 Å². The lowest BCUT2D eigenvalue weighted by Crippen LogP contribution is -2.46. The standard InChI is InChI=1S/C23H25ClN4O4/c1-23(2,3)32-22(30)28-10-11-31-14-19(28)17-8-5-9-18(24)20(17)27-21(29)26-16-7-4-6-15(12-16)13-25/h4-9,12,19H,10-11,14H2,1-3H3,(H2,26,27,29). The van der Waals surface area contributed by atoms with Crippen LogP contribution in [-0.4, -0.2) is 42.4 Å². The largest absolute Gasteiger partial charge is 0.444 e. The van der Waals surface area contributed by atoms with E-state index in [-0.39, 0.29) is 6.61 Å². The molecule has 2 aromatic rings. The number of rotatable bonds is 3. The van der Waals surface area contributed by atoms with Gasteiger partial charge in [-0.25, -0.2) is 9.59 Å². The molecule has 0 aromatic heterocycles. The van der Waals surface area contributed by atoms with E-state index in [9.17, 15) is 9.59 Å². The fraction of sp³-hybridized carbons (Fsp3) is 0.348. The van der Waals surface area contributed by atoms with Crippen molar-refractivity contribution in [3.05, 3.63) is 58.6 Å². The van der Waals surface area contributed by atoms with E-state index in [1.807, 2.05) is 6.07 Å². The van der Waals surface area contributed by atoms with Crippen LogP contribution < -0.4 is 10.6 Å². The molecule has 168 valence electrons. The van der Waals surface area contributed by atoms with Crippen LogP contribution in [0.4, 0.5) is 21.0 Å². The van der Waals surface area contributed by atoms with Gasteiger partial charge in [0.15, 0.2) is 0 Å². The van der Waals surface area contributed by atoms with Crippen LogP contribution >= 0.6 is 11.6 Å². The number of morpholine rings is 1. The number of nitrogens with zero attached hydrogens (tertiary/aromatic N) is 2. The smallest absolute Gasteiger partial charge is 0.410 e. The summed E-state index contributed by atoms with van der Waals surface area (Å²) in [7, 11) is 0. The molecule has 8 nitrogen and oxygen atoms in total. The Morgan fingerprint density at radius 2 is 1.97 bits per heavy atom. The zero-order valence-electron chi connectivity index (χ0n) is 18.1. The molecule has 0 saturated carbocycles. The quantitative estimate of drug-likeness (QED) is 0.663. The molecule has 3 rings (SSSR count). The number of amides is 3. The van der Waals surface area contributed by atoms with E-state index < -0.39 is 23.8 Å². The van der Waals surface area contributed by atoms with Crippen molar-refractivity contribution < 1.29 is 19.1 Å². The van der Waals surface area contributed by atoms with Crippen LogP contribution in [0.5, 0.6) is 0 Å². The third-order valence-electron chi connectivity index (χ3n) is 4.65. The van der Waals surface area contributed by atoms with Crippen LogP contribution in [0.15, 0.2) is 42.5 Å². The molecule has 3 amide bonds. The van der Waals surface area contributed by atoms with Crippen molar-refractivity contribution in [3.63, 3.8) is 0 Å². The Morgan fingerprint density at radius 3 is 2.69 bits per heavy atom. The van der Waals surface area contributed by atoms with Gasteiger partial charge in [0.2, 0.25) is 0 Å². The van der Waals surface area contributed by atoms with Crippen molar-refractivity contribution in [3.8, 4) is 6.07 Å². The minimum Gasteiger partial charge on any atom is -0.444 e. The molecule has 1 saturated heterocycles. The summed E-state index contributed by atoms with van der Waals surface area (Å²) >= 11 is 6.42. The molecule has 2 aromatic carbocycles. The Balaban J connectivity index is 1.85. The number of anilines is 2. The van der Waals surface area contributed by atoms with E-state index >= 15 is 0 Å². The van der Waals surface area contributed by atoms with Crippen LogP contribution in [0.25, 0.3) is 0 Å². The third-order valence-corrected chi connectivity index (χ3v) is 4.96. The minimum absolute atomic E-state index is 0.236. The van der Waals surface area contributed by atoms with Gasteiger partial charge in [-0.2, -0.15) is 5.26 Å². The van der Waals surface area contributed by atoms with E-state index in [1.165, 1.54) is 0 Å². The average Bonchev–Trinajstić information content (AvgIpc) is 2.74. The van der Waals surface area contributed by atoms with Gasteiger partial charge in [0.1, 0.15) is 5.60 Å². The first-order chi connectivity index (χ1) is 15.2. The van der Waals surface area contributed by atoms with Gasteiger partial charge < -0.3 is 20.1 Å². The van der Waals surface area contributed by atoms with E-state index in [4.69, 9.17) is 26.3 Å². The number of nitriles is 1. The number of para-hydroxylation sites is 1. The Kier molecular flexibility index (Phi) is 7.23. The van der Waals surface area contributed by atoms with Crippen molar-refractivity contribution >= 4 is 35.1 Å². The molecule has 0 aliphatic carbocycles. The zero-order chi connectivity index (χ0) is 23.3. The molecule has 1 heterocycles. The number of benzene rings is 2. The molecule has 9 heteroatoms. The third kappa shape index (κ3) is 5.90. The number of hydrogen-bond donors (Lipinski definition) is 2. The summed E-state index contributed by atoms with van der Waals surface area (Å²) in [6.07, 6.45) is -0.463. The number of carbonyl (C=O) groups excluding carboxylic acids is 2. The molecule has 2 N–H and O–H groups in total. The Bertz CT molecular complexity index is 1050. The Labute approximate surface area is 192 Å². The summed E-state index contributed by atoms with van der Waals surface area (Å²) in [5.41, 5.74) is 1.24. The predicted octanol–water partition coefficient (Wildman–Crippen LogP) is 5.16. The maximum atomic E-state index is 12.8. The summed E-state index contributed by atoms with van der Waals surface area (Å²) < 4.78 is 11.2. The highest BCUT2D eigenvalue weighted by atomic mass is 35.5. The monoisotopic (exact) mass is 456 g/mol. The number of ether oxygens (including phenoxy) is 2. The van der Waals surface area contributed by atoms with Gasteiger partial charge in [0.05, 0.1) is 41.6 Å². The molecule has 0 radical (unpaired) electrons. The molecule has 0 bridgehead atoms. The number of hydrogen-bond acceptors (Lipinski definition) is 5. The van der Waals surface area contributed by atoms with E-state index in [0.29, 0.717) is 40.7 Å². The fourth-order valence-electron chi connectivity index (χ4n) is 3.29. The van der Waals surface area contributed by atoms with Crippen molar-refractivity contribution in [2.45, 2.75) is 32.4 Å². The maximum Gasteiger partial charge on any atom is 0.410 e. The normalized spacial score (nSPS) is 16.1. The van der Waals surface area contributed by atoms with E-state index in [0.717, 1.165) is 0 Å².